The predicted octanol–water partition coefficient (Wildman–Crippen LogP) is 2.56. The van der Waals surface area contributed by atoms with E-state index in [1.54, 1.807) is 6.07 Å². The Balaban J connectivity index is 2.00. The van der Waals surface area contributed by atoms with Crippen LogP contribution in [0.3, 0.4) is 0 Å². The first-order chi connectivity index (χ1) is 8.50. The second-order valence-corrected chi connectivity index (χ2v) is 5.08. The summed E-state index contributed by atoms with van der Waals surface area (Å²) in [6.07, 6.45) is 2.66. The van der Waals surface area contributed by atoms with Crippen molar-refractivity contribution >= 4 is 0 Å². The van der Waals surface area contributed by atoms with E-state index < -0.39 is 17.5 Å². The molecule has 1 aromatic rings. The molecule has 1 fully saturated rings. The lowest BCUT2D eigenvalue weighted by atomic mass is 10.0. The van der Waals surface area contributed by atoms with Gasteiger partial charge < -0.3 is 14.9 Å². The molecule has 100 valence electrons. The van der Waals surface area contributed by atoms with Crippen molar-refractivity contribution in [3.05, 3.63) is 29.6 Å². The molecule has 1 aliphatic rings. The van der Waals surface area contributed by atoms with Crippen LogP contribution in [-0.4, -0.2) is 22.4 Å². The van der Waals surface area contributed by atoms with Crippen molar-refractivity contribution in [1.82, 2.24) is 0 Å². The van der Waals surface area contributed by atoms with Crippen LogP contribution in [0.15, 0.2) is 18.2 Å². The fourth-order valence-electron chi connectivity index (χ4n) is 2.33. The van der Waals surface area contributed by atoms with Crippen LogP contribution >= 0.6 is 0 Å². The van der Waals surface area contributed by atoms with Crippen LogP contribution in [0.25, 0.3) is 0 Å². The van der Waals surface area contributed by atoms with Gasteiger partial charge in [-0.15, -0.1) is 0 Å². The highest BCUT2D eigenvalue weighted by molar-refractivity contribution is 5.30. The highest BCUT2D eigenvalue weighted by Crippen LogP contribution is 2.30. The molecular weight excluding hydrogens is 235 g/mol. The second kappa shape index (κ2) is 5.24. The Morgan fingerprint density at radius 1 is 1.39 bits per heavy atom. The number of aliphatic hydroxyl groups excluding tert-OH is 1. The Kier molecular flexibility index (Phi) is 3.88. The maximum Gasteiger partial charge on any atom is 0.132 e. The van der Waals surface area contributed by atoms with Crippen molar-refractivity contribution in [2.24, 2.45) is 0 Å². The Morgan fingerprint density at radius 3 is 2.61 bits per heavy atom. The minimum atomic E-state index is -0.835. The van der Waals surface area contributed by atoms with E-state index >= 15 is 0 Å². The zero-order valence-electron chi connectivity index (χ0n) is 10.5. The molecule has 0 saturated heterocycles. The molecule has 1 unspecified atom stereocenters. The van der Waals surface area contributed by atoms with Crippen LogP contribution in [0.4, 0.5) is 4.39 Å². The number of ether oxygens (including phenoxy) is 1. The fraction of sp³-hybridized carbons (Fsp3) is 0.571. The zero-order chi connectivity index (χ0) is 13.2. The summed E-state index contributed by atoms with van der Waals surface area (Å²) in [5.74, 6) is -0.0989. The summed E-state index contributed by atoms with van der Waals surface area (Å²) in [4.78, 5) is 0. The van der Waals surface area contributed by atoms with Gasteiger partial charge in [0.25, 0.3) is 0 Å². The Hall–Kier alpha value is -1.13. The van der Waals surface area contributed by atoms with Crippen LogP contribution in [-0.2, 0) is 0 Å². The first-order valence-electron chi connectivity index (χ1n) is 6.33. The molecule has 1 aromatic carbocycles. The normalized spacial score (nSPS) is 19.8. The van der Waals surface area contributed by atoms with Gasteiger partial charge in [0.05, 0.1) is 11.7 Å². The number of hydrogen-bond acceptors (Lipinski definition) is 3. The minimum absolute atomic E-state index is 0.195. The van der Waals surface area contributed by atoms with Crippen molar-refractivity contribution in [2.75, 3.05) is 6.61 Å². The molecule has 4 heteroatoms. The van der Waals surface area contributed by atoms with Gasteiger partial charge in [-0.2, -0.15) is 0 Å². The molecule has 1 aliphatic carbocycles. The van der Waals surface area contributed by atoms with Crippen molar-refractivity contribution in [1.29, 1.82) is 0 Å². The van der Waals surface area contributed by atoms with Gasteiger partial charge in [-0.25, -0.2) is 4.39 Å². The quantitative estimate of drug-likeness (QED) is 0.868. The molecule has 0 aromatic heterocycles. The van der Waals surface area contributed by atoms with Gasteiger partial charge in [-0.1, -0.05) is 12.8 Å². The van der Waals surface area contributed by atoms with E-state index in [0.29, 0.717) is 5.75 Å². The number of hydrogen-bond donors (Lipinski definition) is 2. The smallest absolute Gasteiger partial charge is 0.132 e. The molecule has 0 aliphatic heterocycles. The van der Waals surface area contributed by atoms with Crippen LogP contribution in [0.5, 0.6) is 5.75 Å². The molecule has 0 amide bonds. The molecule has 0 bridgehead atoms. The average molecular weight is 254 g/mol. The van der Waals surface area contributed by atoms with Gasteiger partial charge in [-0.05, 0) is 31.9 Å². The van der Waals surface area contributed by atoms with Crippen molar-refractivity contribution in [3.8, 4) is 5.75 Å². The fourth-order valence-corrected chi connectivity index (χ4v) is 2.33. The first-order valence-corrected chi connectivity index (χ1v) is 6.33. The number of aliphatic hydroxyl groups is 2. The first kappa shape index (κ1) is 13.3. The summed E-state index contributed by atoms with van der Waals surface area (Å²) in [6, 6.07) is 4.37. The summed E-state index contributed by atoms with van der Waals surface area (Å²) in [5, 5.41) is 19.4. The van der Waals surface area contributed by atoms with Gasteiger partial charge in [0.2, 0.25) is 0 Å². The lowest BCUT2D eigenvalue weighted by molar-refractivity contribution is 0.00128. The van der Waals surface area contributed by atoms with Gasteiger partial charge >= 0.3 is 0 Å². The molecular formula is C14H19FO3. The number of benzene rings is 1. The average Bonchev–Trinajstić information content (AvgIpc) is 2.74. The van der Waals surface area contributed by atoms with Crippen LogP contribution in [0.1, 0.15) is 44.3 Å². The second-order valence-electron chi connectivity index (χ2n) is 5.08. The number of halogens is 1. The third kappa shape index (κ3) is 3.00. The van der Waals surface area contributed by atoms with E-state index in [9.17, 15) is 14.6 Å². The zero-order valence-corrected chi connectivity index (χ0v) is 10.5. The van der Waals surface area contributed by atoms with Crippen molar-refractivity contribution in [3.63, 3.8) is 0 Å². The lowest BCUT2D eigenvalue weighted by Gasteiger charge is -2.22. The van der Waals surface area contributed by atoms with Crippen LogP contribution < -0.4 is 4.74 Å². The van der Waals surface area contributed by atoms with E-state index in [-0.39, 0.29) is 12.2 Å². The maximum absolute atomic E-state index is 13.6. The summed E-state index contributed by atoms with van der Waals surface area (Å²) in [7, 11) is 0. The number of rotatable bonds is 4. The molecule has 18 heavy (non-hydrogen) atoms. The molecule has 1 atom stereocenters. The third-order valence-electron chi connectivity index (χ3n) is 3.46. The standard InChI is InChI=1S/C14H19FO3/c1-10(16)12-5-4-11(8-13(12)15)18-9-14(17)6-2-3-7-14/h4-5,8,10,16-17H,2-3,6-7,9H2,1H3. The summed E-state index contributed by atoms with van der Waals surface area (Å²) in [6.45, 7) is 1.71. The molecule has 0 spiro atoms. The lowest BCUT2D eigenvalue weighted by Crippen LogP contribution is -2.32. The van der Waals surface area contributed by atoms with E-state index in [2.05, 4.69) is 0 Å². The van der Waals surface area contributed by atoms with E-state index in [1.807, 2.05) is 0 Å². The largest absolute Gasteiger partial charge is 0.490 e. The van der Waals surface area contributed by atoms with Gasteiger partial charge in [0.1, 0.15) is 18.2 Å². The van der Waals surface area contributed by atoms with Gasteiger partial charge in [0, 0.05) is 11.6 Å². The van der Waals surface area contributed by atoms with Crippen molar-refractivity contribution < 1.29 is 19.3 Å². The topological polar surface area (TPSA) is 49.7 Å². The van der Waals surface area contributed by atoms with E-state index in [4.69, 9.17) is 4.74 Å². The SMILES string of the molecule is CC(O)c1ccc(OCC2(O)CCCC2)cc1F. The monoisotopic (exact) mass is 254 g/mol. The Bertz CT molecular complexity index is 412. The highest BCUT2D eigenvalue weighted by atomic mass is 19.1. The Morgan fingerprint density at radius 2 is 2.06 bits per heavy atom. The molecule has 1 saturated carbocycles. The maximum atomic E-state index is 13.6. The van der Waals surface area contributed by atoms with E-state index in [1.165, 1.54) is 19.1 Å². The summed E-state index contributed by atoms with van der Waals surface area (Å²) < 4.78 is 19.0. The summed E-state index contributed by atoms with van der Waals surface area (Å²) in [5.41, 5.74) is -0.513. The van der Waals surface area contributed by atoms with Gasteiger partial charge in [-0.3, -0.25) is 0 Å². The molecule has 2 N–H and O–H groups in total. The third-order valence-corrected chi connectivity index (χ3v) is 3.46. The molecule has 2 rings (SSSR count). The van der Waals surface area contributed by atoms with E-state index in [0.717, 1.165) is 25.7 Å². The van der Waals surface area contributed by atoms with Crippen LogP contribution in [0, 0.1) is 5.82 Å². The molecule has 3 nitrogen and oxygen atoms in total. The Labute approximate surface area is 106 Å². The predicted molar refractivity (Wildman–Crippen MR) is 65.9 cm³/mol. The van der Waals surface area contributed by atoms with Crippen LogP contribution in [0.2, 0.25) is 0 Å². The highest BCUT2D eigenvalue weighted by Gasteiger charge is 2.31. The minimum Gasteiger partial charge on any atom is -0.490 e. The van der Waals surface area contributed by atoms with Gasteiger partial charge in [0.15, 0.2) is 0 Å². The van der Waals surface area contributed by atoms with Crippen molar-refractivity contribution in [2.45, 2.75) is 44.3 Å². The molecule has 0 heterocycles. The summed E-state index contributed by atoms with van der Waals surface area (Å²) >= 11 is 0. The molecule has 0 radical (unpaired) electrons.